The van der Waals surface area contributed by atoms with Crippen LogP contribution in [0.4, 0.5) is 5.69 Å². The van der Waals surface area contributed by atoms with Gasteiger partial charge in [-0.05, 0) is 38.1 Å². The lowest BCUT2D eigenvalue weighted by Crippen LogP contribution is -2.34. The highest BCUT2D eigenvalue weighted by molar-refractivity contribution is 5.91. The molecule has 0 aromatic carbocycles. The van der Waals surface area contributed by atoms with Crippen LogP contribution < -0.4 is 10.6 Å². The molecule has 0 spiro atoms. The van der Waals surface area contributed by atoms with E-state index in [2.05, 4.69) is 15.6 Å². The molecule has 2 N–H and O–H groups in total. The van der Waals surface area contributed by atoms with Crippen molar-refractivity contribution < 1.29 is 9.53 Å². The van der Waals surface area contributed by atoms with Crippen LogP contribution in [0.1, 0.15) is 12.8 Å². The highest BCUT2D eigenvalue weighted by atomic mass is 16.5. The van der Waals surface area contributed by atoms with Gasteiger partial charge in [-0.2, -0.15) is 0 Å². The first-order chi connectivity index (χ1) is 8.34. The van der Waals surface area contributed by atoms with E-state index in [0.717, 1.165) is 31.6 Å². The number of hydrogen-bond donors (Lipinski definition) is 2. The number of rotatable bonds is 4. The Balaban J connectivity index is 1.70. The number of hydrogen-bond acceptors (Lipinski definition) is 4. The van der Waals surface area contributed by atoms with Crippen molar-refractivity contribution in [2.24, 2.45) is 0 Å². The van der Waals surface area contributed by atoms with E-state index in [1.165, 1.54) is 0 Å². The maximum absolute atomic E-state index is 11.6. The van der Waals surface area contributed by atoms with Crippen molar-refractivity contribution >= 4 is 11.6 Å². The van der Waals surface area contributed by atoms with Crippen LogP contribution in [0, 0.1) is 0 Å². The maximum Gasteiger partial charge on any atom is 0.250 e. The van der Waals surface area contributed by atoms with Gasteiger partial charge >= 0.3 is 0 Å². The molecule has 92 valence electrons. The number of carbonyl (C=O) groups excluding carboxylic acids is 1. The Morgan fingerprint density at radius 3 is 2.82 bits per heavy atom. The SMILES string of the molecule is O=C(COC1CCNCC1)Nc1ccncc1. The molecule has 5 heteroatoms. The number of ether oxygens (including phenoxy) is 1. The molecule has 0 aliphatic carbocycles. The number of pyridine rings is 1. The van der Waals surface area contributed by atoms with E-state index < -0.39 is 0 Å². The smallest absolute Gasteiger partial charge is 0.250 e. The number of nitrogens with zero attached hydrogens (tertiary/aromatic N) is 1. The molecule has 5 nitrogen and oxygen atoms in total. The summed E-state index contributed by atoms with van der Waals surface area (Å²) in [5, 5.41) is 6.02. The Morgan fingerprint density at radius 1 is 1.41 bits per heavy atom. The summed E-state index contributed by atoms with van der Waals surface area (Å²) in [6, 6.07) is 3.50. The lowest BCUT2D eigenvalue weighted by molar-refractivity contribution is -0.123. The molecular weight excluding hydrogens is 218 g/mol. The van der Waals surface area contributed by atoms with Gasteiger partial charge < -0.3 is 15.4 Å². The molecule has 1 aromatic heterocycles. The Labute approximate surface area is 101 Å². The van der Waals surface area contributed by atoms with Gasteiger partial charge in [-0.3, -0.25) is 9.78 Å². The largest absolute Gasteiger partial charge is 0.368 e. The monoisotopic (exact) mass is 235 g/mol. The number of nitrogens with one attached hydrogen (secondary N) is 2. The highest BCUT2D eigenvalue weighted by Gasteiger charge is 2.14. The highest BCUT2D eigenvalue weighted by Crippen LogP contribution is 2.08. The van der Waals surface area contributed by atoms with Gasteiger partial charge in [0.05, 0.1) is 6.10 Å². The summed E-state index contributed by atoms with van der Waals surface area (Å²) in [5.74, 6) is -0.116. The van der Waals surface area contributed by atoms with Crippen molar-refractivity contribution in [1.82, 2.24) is 10.3 Å². The molecule has 1 aliphatic heterocycles. The van der Waals surface area contributed by atoms with Gasteiger partial charge in [-0.1, -0.05) is 0 Å². The molecule has 0 bridgehead atoms. The molecule has 17 heavy (non-hydrogen) atoms. The second kappa shape index (κ2) is 6.32. The molecule has 0 atom stereocenters. The molecule has 1 fully saturated rings. The molecule has 1 aliphatic rings. The van der Waals surface area contributed by atoms with Crippen LogP contribution in [-0.2, 0) is 9.53 Å². The summed E-state index contributed by atoms with van der Waals surface area (Å²) in [4.78, 5) is 15.5. The number of amides is 1. The van der Waals surface area contributed by atoms with Crippen LogP contribution in [0.25, 0.3) is 0 Å². The summed E-state index contributed by atoms with van der Waals surface area (Å²) < 4.78 is 5.55. The van der Waals surface area contributed by atoms with Gasteiger partial charge in [0.2, 0.25) is 5.91 Å². The minimum absolute atomic E-state index is 0.116. The summed E-state index contributed by atoms with van der Waals surface area (Å²) in [6.45, 7) is 2.06. The zero-order valence-electron chi connectivity index (χ0n) is 9.69. The topological polar surface area (TPSA) is 63.2 Å². The molecule has 1 saturated heterocycles. The fraction of sp³-hybridized carbons (Fsp3) is 0.500. The van der Waals surface area contributed by atoms with Crippen molar-refractivity contribution in [1.29, 1.82) is 0 Å². The minimum Gasteiger partial charge on any atom is -0.368 e. The average molecular weight is 235 g/mol. The van der Waals surface area contributed by atoms with E-state index in [4.69, 9.17) is 4.74 Å². The molecule has 0 saturated carbocycles. The van der Waals surface area contributed by atoms with Crippen LogP contribution in [0.2, 0.25) is 0 Å². The van der Waals surface area contributed by atoms with E-state index in [9.17, 15) is 4.79 Å². The second-order valence-electron chi connectivity index (χ2n) is 4.04. The van der Waals surface area contributed by atoms with Crippen molar-refractivity contribution in [3.8, 4) is 0 Å². The molecule has 0 unspecified atom stereocenters. The van der Waals surface area contributed by atoms with Gasteiger partial charge in [0, 0.05) is 18.1 Å². The fourth-order valence-corrected chi connectivity index (χ4v) is 1.79. The second-order valence-corrected chi connectivity index (χ2v) is 4.04. The van der Waals surface area contributed by atoms with Crippen molar-refractivity contribution in [3.63, 3.8) is 0 Å². The van der Waals surface area contributed by atoms with Crippen molar-refractivity contribution in [2.45, 2.75) is 18.9 Å². The van der Waals surface area contributed by atoms with E-state index in [0.29, 0.717) is 0 Å². The van der Waals surface area contributed by atoms with E-state index >= 15 is 0 Å². The third kappa shape index (κ3) is 4.13. The van der Waals surface area contributed by atoms with Crippen molar-refractivity contribution in [3.05, 3.63) is 24.5 Å². The number of carbonyl (C=O) groups is 1. The van der Waals surface area contributed by atoms with Gasteiger partial charge in [0.25, 0.3) is 0 Å². The van der Waals surface area contributed by atoms with Gasteiger partial charge in [0.15, 0.2) is 0 Å². The van der Waals surface area contributed by atoms with Gasteiger partial charge in [-0.15, -0.1) is 0 Å². The number of anilines is 1. The Morgan fingerprint density at radius 2 is 2.12 bits per heavy atom. The zero-order valence-corrected chi connectivity index (χ0v) is 9.69. The number of piperidine rings is 1. The van der Waals surface area contributed by atoms with Crippen LogP contribution in [0.5, 0.6) is 0 Å². The quantitative estimate of drug-likeness (QED) is 0.810. The summed E-state index contributed by atoms with van der Waals surface area (Å²) in [7, 11) is 0. The molecular formula is C12H17N3O2. The predicted molar refractivity (Wildman–Crippen MR) is 64.7 cm³/mol. The molecule has 2 heterocycles. The molecule has 0 radical (unpaired) electrons. The Kier molecular flexibility index (Phi) is 4.46. The third-order valence-corrected chi connectivity index (χ3v) is 2.70. The first-order valence-corrected chi connectivity index (χ1v) is 5.87. The van der Waals surface area contributed by atoms with Crippen molar-refractivity contribution in [2.75, 3.05) is 25.0 Å². The van der Waals surface area contributed by atoms with Crippen LogP contribution in [0.15, 0.2) is 24.5 Å². The van der Waals surface area contributed by atoms with E-state index in [1.807, 2.05) is 0 Å². The average Bonchev–Trinajstić information content (AvgIpc) is 2.39. The maximum atomic E-state index is 11.6. The zero-order chi connectivity index (χ0) is 11.9. The fourth-order valence-electron chi connectivity index (χ4n) is 1.79. The standard InChI is InChI=1S/C12H17N3O2/c16-12(15-10-1-5-13-6-2-10)9-17-11-3-7-14-8-4-11/h1-2,5-6,11,14H,3-4,7-9H2,(H,13,15,16). The third-order valence-electron chi connectivity index (χ3n) is 2.70. The lowest BCUT2D eigenvalue weighted by Gasteiger charge is -2.22. The van der Waals surface area contributed by atoms with E-state index in [1.54, 1.807) is 24.5 Å². The Hall–Kier alpha value is -1.46. The normalized spacial score (nSPS) is 16.7. The first kappa shape index (κ1) is 12.0. The number of aromatic nitrogens is 1. The molecule has 1 amide bonds. The van der Waals surface area contributed by atoms with Crippen LogP contribution >= 0.6 is 0 Å². The summed E-state index contributed by atoms with van der Waals surface area (Å²) in [5.41, 5.74) is 0.749. The Bertz CT molecular complexity index is 350. The lowest BCUT2D eigenvalue weighted by atomic mass is 10.1. The van der Waals surface area contributed by atoms with Crippen LogP contribution in [-0.4, -0.2) is 36.7 Å². The van der Waals surface area contributed by atoms with E-state index in [-0.39, 0.29) is 18.6 Å². The minimum atomic E-state index is -0.116. The van der Waals surface area contributed by atoms with Gasteiger partial charge in [-0.25, -0.2) is 0 Å². The summed E-state index contributed by atoms with van der Waals surface area (Å²) in [6.07, 6.45) is 5.44. The molecule has 2 rings (SSSR count). The predicted octanol–water partition coefficient (Wildman–Crippen LogP) is 0.789. The summed E-state index contributed by atoms with van der Waals surface area (Å²) >= 11 is 0. The van der Waals surface area contributed by atoms with Gasteiger partial charge in [0.1, 0.15) is 6.61 Å². The first-order valence-electron chi connectivity index (χ1n) is 5.87. The molecule has 1 aromatic rings. The van der Waals surface area contributed by atoms with Crippen LogP contribution in [0.3, 0.4) is 0 Å².